The van der Waals surface area contributed by atoms with E-state index in [0.717, 1.165) is 0 Å². The molecule has 11 heteroatoms. The second-order valence-corrected chi connectivity index (χ2v) is 6.50. The highest BCUT2D eigenvalue weighted by Gasteiger charge is 2.01. The minimum atomic E-state index is -0.476. The summed E-state index contributed by atoms with van der Waals surface area (Å²) in [7, 11) is 0. The molecule has 0 unspecified atom stereocenters. The fourth-order valence-corrected chi connectivity index (χ4v) is 2.01. The molecule has 0 saturated heterocycles. The van der Waals surface area contributed by atoms with E-state index in [9.17, 15) is 9.18 Å². The highest BCUT2D eigenvalue weighted by Crippen LogP contribution is 1.91. The van der Waals surface area contributed by atoms with Crippen molar-refractivity contribution in [2.75, 3.05) is 119 Å². The maximum Gasteiger partial charge on any atom is 0.333 e. The van der Waals surface area contributed by atoms with Crippen molar-refractivity contribution in [2.24, 2.45) is 0 Å². The average molecular weight is 485 g/mol. The van der Waals surface area contributed by atoms with Gasteiger partial charge in [-0.2, -0.15) is 0 Å². The summed E-state index contributed by atoms with van der Waals surface area (Å²) in [6.45, 7) is 11.7. The third-order valence-corrected chi connectivity index (χ3v) is 3.63. The van der Waals surface area contributed by atoms with Crippen LogP contribution in [0.4, 0.5) is 4.39 Å². The Hall–Kier alpha value is -1.18. The molecule has 0 heterocycles. The van der Waals surface area contributed by atoms with E-state index in [0.29, 0.717) is 105 Å². The number of carbonyl (C=O) groups excluding carboxylic acids is 1. The zero-order valence-corrected chi connectivity index (χ0v) is 19.9. The first kappa shape index (κ1) is 31.8. The Labute approximate surface area is 196 Å². The van der Waals surface area contributed by atoms with Crippen LogP contribution in [0.3, 0.4) is 0 Å². The number of ether oxygens (including phenoxy) is 9. The van der Waals surface area contributed by atoms with Crippen LogP contribution in [-0.2, 0) is 47.4 Å². The number of hydrogen-bond donors (Lipinski definition) is 0. The second-order valence-electron chi connectivity index (χ2n) is 6.50. The van der Waals surface area contributed by atoms with Crippen molar-refractivity contribution in [3.63, 3.8) is 0 Å². The average Bonchev–Trinajstić information content (AvgIpc) is 2.81. The monoisotopic (exact) mass is 484 g/mol. The lowest BCUT2D eigenvalue weighted by Crippen LogP contribution is -2.15. The van der Waals surface area contributed by atoms with Gasteiger partial charge in [-0.25, -0.2) is 9.18 Å². The summed E-state index contributed by atoms with van der Waals surface area (Å²) in [6, 6.07) is 0. The topological polar surface area (TPSA) is 100 Å². The molecule has 0 fully saturated rings. The molecule has 0 aliphatic heterocycles. The van der Waals surface area contributed by atoms with Crippen LogP contribution in [0.5, 0.6) is 0 Å². The van der Waals surface area contributed by atoms with Gasteiger partial charge in [-0.1, -0.05) is 6.58 Å². The molecule has 0 bridgehead atoms. The Morgan fingerprint density at radius 2 is 0.758 bits per heavy atom. The van der Waals surface area contributed by atoms with Crippen molar-refractivity contribution in [1.82, 2.24) is 0 Å². The predicted molar refractivity (Wildman–Crippen MR) is 118 cm³/mol. The molecule has 0 saturated carbocycles. The van der Waals surface area contributed by atoms with Crippen LogP contribution < -0.4 is 0 Å². The third-order valence-electron chi connectivity index (χ3n) is 3.63. The number of esters is 1. The van der Waals surface area contributed by atoms with Crippen molar-refractivity contribution in [2.45, 2.75) is 6.92 Å². The van der Waals surface area contributed by atoms with E-state index in [-0.39, 0.29) is 13.2 Å². The number of hydrogen-bond acceptors (Lipinski definition) is 10. The highest BCUT2D eigenvalue weighted by molar-refractivity contribution is 5.86. The van der Waals surface area contributed by atoms with Crippen molar-refractivity contribution >= 4 is 5.97 Å². The molecule has 33 heavy (non-hydrogen) atoms. The van der Waals surface area contributed by atoms with Crippen LogP contribution in [0.15, 0.2) is 12.2 Å². The largest absolute Gasteiger partial charge is 0.460 e. The van der Waals surface area contributed by atoms with E-state index in [2.05, 4.69) is 6.58 Å². The maximum absolute atomic E-state index is 11.8. The summed E-state index contributed by atoms with van der Waals surface area (Å²) in [5.74, 6) is -0.414. The molecule has 0 aromatic carbocycles. The van der Waals surface area contributed by atoms with Crippen LogP contribution in [0.1, 0.15) is 6.92 Å². The van der Waals surface area contributed by atoms with Gasteiger partial charge >= 0.3 is 5.97 Å². The maximum atomic E-state index is 11.8. The number of alkyl halides is 1. The van der Waals surface area contributed by atoms with Crippen LogP contribution in [0.25, 0.3) is 0 Å². The first-order valence-electron chi connectivity index (χ1n) is 11.2. The van der Waals surface area contributed by atoms with Crippen LogP contribution in [0.2, 0.25) is 0 Å². The van der Waals surface area contributed by atoms with E-state index in [1.165, 1.54) is 0 Å². The van der Waals surface area contributed by atoms with Gasteiger partial charge in [-0.15, -0.1) is 0 Å². The summed E-state index contributed by atoms with van der Waals surface area (Å²) in [4.78, 5) is 11.1. The minimum Gasteiger partial charge on any atom is -0.460 e. The number of rotatable bonds is 27. The quantitative estimate of drug-likeness (QED) is 0.0961. The van der Waals surface area contributed by atoms with E-state index in [1.54, 1.807) is 6.92 Å². The van der Waals surface area contributed by atoms with Gasteiger partial charge in [0.2, 0.25) is 0 Å². The highest BCUT2D eigenvalue weighted by atomic mass is 19.1. The molecule has 10 nitrogen and oxygen atoms in total. The Kier molecular flexibility index (Phi) is 26.1. The van der Waals surface area contributed by atoms with Crippen LogP contribution >= 0.6 is 0 Å². The second kappa shape index (κ2) is 27.1. The molecule has 0 amide bonds. The molecule has 0 aliphatic carbocycles. The van der Waals surface area contributed by atoms with Crippen LogP contribution in [0, 0.1) is 0 Å². The molecule has 196 valence electrons. The zero-order valence-electron chi connectivity index (χ0n) is 19.9. The van der Waals surface area contributed by atoms with Crippen molar-refractivity contribution in [3.05, 3.63) is 12.2 Å². The minimum absolute atomic E-state index is 0.111. The molecule has 0 rings (SSSR count). The summed E-state index contributed by atoms with van der Waals surface area (Å²) in [5, 5.41) is 0. The van der Waals surface area contributed by atoms with Crippen molar-refractivity contribution in [1.29, 1.82) is 0 Å². The van der Waals surface area contributed by atoms with Gasteiger partial charge < -0.3 is 42.6 Å². The Balaban J connectivity index is 3.05. The molecule has 0 aromatic rings. The van der Waals surface area contributed by atoms with E-state index < -0.39 is 12.6 Å². The summed E-state index contributed by atoms with van der Waals surface area (Å²) >= 11 is 0. The van der Waals surface area contributed by atoms with Gasteiger partial charge in [0.25, 0.3) is 0 Å². The molecule has 0 N–H and O–H groups in total. The molecule has 0 aliphatic rings. The fraction of sp³-hybridized carbons (Fsp3) is 0.864. The molecular weight excluding hydrogens is 443 g/mol. The third kappa shape index (κ3) is 26.9. The van der Waals surface area contributed by atoms with Gasteiger partial charge in [-0.3, -0.25) is 0 Å². The fourth-order valence-electron chi connectivity index (χ4n) is 2.01. The SMILES string of the molecule is C=C(C)C(=O)OCCOCCOCCOCCOCCOCCOCCOCCOCCF. The molecule has 0 aromatic heterocycles. The van der Waals surface area contributed by atoms with Gasteiger partial charge in [-0.05, 0) is 6.92 Å². The zero-order chi connectivity index (χ0) is 24.2. The van der Waals surface area contributed by atoms with Gasteiger partial charge in [0.15, 0.2) is 0 Å². The van der Waals surface area contributed by atoms with E-state index in [4.69, 9.17) is 42.6 Å². The van der Waals surface area contributed by atoms with Crippen molar-refractivity contribution in [3.8, 4) is 0 Å². The predicted octanol–water partition coefficient (Wildman–Crippen LogP) is 1.21. The van der Waals surface area contributed by atoms with E-state index >= 15 is 0 Å². The molecule has 0 spiro atoms. The van der Waals surface area contributed by atoms with Crippen molar-refractivity contribution < 1.29 is 51.8 Å². The lowest BCUT2D eigenvalue weighted by molar-refractivity contribution is -0.140. The standard InChI is InChI=1S/C22H41FO10/c1-21(2)22(24)33-20-19-32-18-17-31-16-15-30-14-13-29-12-11-28-10-9-27-8-7-26-6-5-25-4-3-23/h1,3-20H2,2H3. The summed E-state index contributed by atoms with van der Waals surface area (Å²) in [5.41, 5.74) is 0.368. The lowest BCUT2D eigenvalue weighted by Gasteiger charge is -2.08. The first-order chi connectivity index (χ1) is 16.2. The smallest absolute Gasteiger partial charge is 0.333 e. The Morgan fingerprint density at radius 3 is 1.00 bits per heavy atom. The lowest BCUT2D eigenvalue weighted by atomic mass is 10.4. The molecule has 0 radical (unpaired) electrons. The van der Waals surface area contributed by atoms with Gasteiger partial charge in [0.1, 0.15) is 13.3 Å². The summed E-state index contributed by atoms with van der Waals surface area (Å²) in [6.07, 6.45) is 0. The first-order valence-corrected chi connectivity index (χ1v) is 11.2. The molecular formula is C22H41FO10. The number of carbonyl (C=O) groups is 1. The van der Waals surface area contributed by atoms with Crippen LogP contribution in [-0.4, -0.2) is 125 Å². The Bertz CT molecular complexity index is 439. The Morgan fingerprint density at radius 1 is 0.515 bits per heavy atom. The van der Waals surface area contributed by atoms with E-state index in [1.807, 2.05) is 0 Å². The van der Waals surface area contributed by atoms with Gasteiger partial charge in [0, 0.05) is 5.57 Å². The summed E-state index contributed by atoms with van der Waals surface area (Å²) < 4.78 is 59.0. The number of halogens is 1. The normalized spacial score (nSPS) is 11.1. The van der Waals surface area contributed by atoms with Gasteiger partial charge in [0.05, 0.1) is 106 Å². The molecule has 0 atom stereocenters.